The fraction of sp³-hybridized carbons (Fsp3) is 0.345. The molecule has 2 aliphatic rings. The number of thioether (sulfide) groups is 1. The van der Waals surface area contributed by atoms with Gasteiger partial charge in [0.2, 0.25) is 0 Å². The molecule has 5 nitrogen and oxygen atoms in total. The molecule has 1 aliphatic heterocycles. The van der Waals surface area contributed by atoms with E-state index in [1.807, 2.05) is 34.9 Å². The quantitative estimate of drug-likeness (QED) is 0.161. The summed E-state index contributed by atoms with van der Waals surface area (Å²) in [6, 6.07) is 20.2. The number of hydrogen-bond acceptors (Lipinski definition) is 6. The van der Waals surface area contributed by atoms with E-state index in [1.54, 1.807) is 11.3 Å². The van der Waals surface area contributed by atoms with E-state index in [4.69, 9.17) is 4.98 Å². The fourth-order valence-electron chi connectivity index (χ4n) is 5.03. The van der Waals surface area contributed by atoms with Crippen molar-refractivity contribution in [3.8, 4) is 0 Å². The molecular weight excluding hydrogens is 486 g/mol. The number of Topliss-reactive ketones (excluding diaryl/α,β-unsaturated/α-hetero) is 1. The maximum absolute atomic E-state index is 13.7. The number of carbonyl (C=O) groups is 1. The number of aromatic nitrogens is 2. The van der Waals surface area contributed by atoms with E-state index in [1.165, 1.54) is 27.8 Å². The Morgan fingerprint density at radius 3 is 2.56 bits per heavy atom. The highest BCUT2D eigenvalue weighted by Crippen LogP contribution is 2.39. The largest absolute Gasteiger partial charge is 0.298 e. The van der Waals surface area contributed by atoms with Gasteiger partial charge in [0.25, 0.3) is 5.56 Å². The molecule has 0 unspecified atom stereocenters. The summed E-state index contributed by atoms with van der Waals surface area (Å²) in [6.07, 6.45) is 5.14. The van der Waals surface area contributed by atoms with Crippen molar-refractivity contribution < 1.29 is 4.79 Å². The molecule has 0 atom stereocenters. The van der Waals surface area contributed by atoms with Crippen molar-refractivity contribution in [3.05, 3.63) is 92.6 Å². The van der Waals surface area contributed by atoms with Gasteiger partial charge in [0.15, 0.2) is 10.9 Å². The minimum Gasteiger partial charge on any atom is -0.298 e. The lowest BCUT2D eigenvalue weighted by Gasteiger charge is -2.26. The lowest BCUT2D eigenvalue weighted by molar-refractivity contribution is 0.102. The smallest absolute Gasteiger partial charge is 0.263 e. The highest BCUT2D eigenvalue weighted by Gasteiger charge is 2.31. The van der Waals surface area contributed by atoms with E-state index in [9.17, 15) is 9.59 Å². The number of thiophene rings is 1. The number of aryl methyl sites for hydroxylation is 1. The summed E-state index contributed by atoms with van der Waals surface area (Å²) in [5, 5.41) is 1.52. The fourth-order valence-corrected chi connectivity index (χ4v) is 7.29. The van der Waals surface area contributed by atoms with Crippen molar-refractivity contribution in [2.24, 2.45) is 0 Å². The van der Waals surface area contributed by atoms with Crippen LogP contribution in [0.3, 0.4) is 0 Å². The van der Waals surface area contributed by atoms with E-state index < -0.39 is 0 Å². The SMILES string of the molecule is O=C(CSc1nc2sc3c(c2c(=O)n1C1CC1)CCN(CCCc1ccccc1)C3)c1ccccc1. The molecule has 0 amide bonds. The van der Waals surface area contributed by atoms with Crippen LogP contribution in [-0.4, -0.2) is 39.1 Å². The second-order valence-corrected chi connectivity index (χ2v) is 11.7. The Bertz CT molecular complexity index is 1440. The van der Waals surface area contributed by atoms with Gasteiger partial charge in [0.1, 0.15) is 4.83 Å². The minimum absolute atomic E-state index is 0.0638. The predicted molar refractivity (Wildman–Crippen MR) is 147 cm³/mol. The Hall–Kier alpha value is -2.74. The van der Waals surface area contributed by atoms with Gasteiger partial charge in [-0.15, -0.1) is 11.3 Å². The van der Waals surface area contributed by atoms with Gasteiger partial charge in [-0.3, -0.25) is 19.1 Å². The minimum atomic E-state index is 0.0638. The van der Waals surface area contributed by atoms with Crippen molar-refractivity contribution in [2.75, 3.05) is 18.8 Å². The standard InChI is InChI=1S/C29H29N3O2S2/c33-24(21-11-5-2-6-12-21)19-35-29-30-27-26(28(34)32(29)22-13-14-22)23-15-17-31(18-25(23)36-27)16-7-10-20-8-3-1-4-9-20/h1-6,8-9,11-12,22H,7,10,13-19H2. The first kappa shape index (κ1) is 23.6. The zero-order valence-corrected chi connectivity index (χ0v) is 21.8. The molecule has 4 aromatic rings. The highest BCUT2D eigenvalue weighted by molar-refractivity contribution is 7.99. The van der Waals surface area contributed by atoms with Gasteiger partial charge in [0, 0.05) is 29.6 Å². The van der Waals surface area contributed by atoms with Crippen LogP contribution in [0.2, 0.25) is 0 Å². The second-order valence-electron chi connectivity index (χ2n) is 9.68. The molecule has 0 bridgehead atoms. The molecular formula is C29H29N3O2S2. The van der Waals surface area contributed by atoms with E-state index >= 15 is 0 Å². The van der Waals surface area contributed by atoms with Gasteiger partial charge in [-0.25, -0.2) is 4.98 Å². The van der Waals surface area contributed by atoms with Crippen LogP contribution in [0.5, 0.6) is 0 Å². The van der Waals surface area contributed by atoms with Crippen LogP contribution < -0.4 is 5.56 Å². The normalized spacial score (nSPS) is 15.8. The van der Waals surface area contributed by atoms with Crippen molar-refractivity contribution in [3.63, 3.8) is 0 Å². The highest BCUT2D eigenvalue weighted by atomic mass is 32.2. The van der Waals surface area contributed by atoms with Crippen LogP contribution in [0.4, 0.5) is 0 Å². The number of fused-ring (bicyclic) bond motifs is 3. The monoisotopic (exact) mass is 515 g/mol. The predicted octanol–water partition coefficient (Wildman–Crippen LogP) is 5.76. The summed E-state index contributed by atoms with van der Waals surface area (Å²) in [5.74, 6) is 0.350. The summed E-state index contributed by atoms with van der Waals surface area (Å²) < 4.78 is 1.88. The average molecular weight is 516 g/mol. The Morgan fingerprint density at radius 1 is 1.06 bits per heavy atom. The molecule has 184 valence electrons. The van der Waals surface area contributed by atoms with Crippen LogP contribution in [0, 0.1) is 0 Å². The molecule has 0 N–H and O–H groups in total. The van der Waals surface area contributed by atoms with Gasteiger partial charge in [-0.1, -0.05) is 72.4 Å². The van der Waals surface area contributed by atoms with Gasteiger partial charge in [-0.05, 0) is 49.8 Å². The van der Waals surface area contributed by atoms with Gasteiger partial charge in [0.05, 0.1) is 11.1 Å². The topological polar surface area (TPSA) is 55.2 Å². The molecule has 0 spiro atoms. The van der Waals surface area contributed by atoms with Crippen molar-refractivity contribution >= 4 is 39.1 Å². The summed E-state index contributed by atoms with van der Waals surface area (Å²) >= 11 is 3.07. The lowest BCUT2D eigenvalue weighted by Crippen LogP contribution is -2.31. The van der Waals surface area contributed by atoms with Crippen molar-refractivity contribution in [1.82, 2.24) is 14.5 Å². The Morgan fingerprint density at radius 2 is 1.81 bits per heavy atom. The maximum atomic E-state index is 13.7. The second kappa shape index (κ2) is 10.3. The molecule has 6 rings (SSSR count). The summed E-state index contributed by atoms with van der Waals surface area (Å²) in [7, 11) is 0. The number of hydrogen-bond donors (Lipinski definition) is 0. The van der Waals surface area contributed by atoms with Gasteiger partial charge in [-0.2, -0.15) is 0 Å². The molecule has 1 fully saturated rings. The molecule has 2 aromatic heterocycles. The van der Waals surface area contributed by atoms with Gasteiger partial charge < -0.3 is 0 Å². The van der Waals surface area contributed by atoms with E-state index in [-0.39, 0.29) is 23.1 Å². The van der Waals surface area contributed by atoms with Crippen LogP contribution >= 0.6 is 23.1 Å². The summed E-state index contributed by atoms with van der Waals surface area (Å²) in [6.45, 7) is 2.94. The van der Waals surface area contributed by atoms with Crippen LogP contribution in [0.25, 0.3) is 10.2 Å². The number of rotatable bonds is 9. The molecule has 1 saturated carbocycles. The molecule has 3 heterocycles. The first-order valence-corrected chi connectivity index (χ1v) is 14.5. The summed E-state index contributed by atoms with van der Waals surface area (Å²) in [4.78, 5) is 36.0. The Balaban J connectivity index is 1.21. The Kier molecular flexibility index (Phi) is 6.78. The first-order chi connectivity index (χ1) is 17.7. The third-order valence-corrected chi connectivity index (χ3v) is 9.14. The van der Waals surface area contributed by atoms with Crippen LogP contribution in [0.1, 0.15) is 51.7 Å². The average Bonchev–Trinajstić information content (AvgIpc) is 3.67. The third-order valence-electron chi connectivity index (χ3n) is 7.08. The Labute approximate surface area is 219 Å². The zero-order chi connectivity index (χ0) is 24.5. The molecule has 1 aliphatic carbocycles. The number of benzene rings is 2. The first-order valence-electron chi connectivity index (χ1n) is 12.7. The van der Waals surface area contributed by atoms with E-state index in [2.05, 4.69) is 35.2 Å². The number of carbonyl (C=O) groups excluding carboxylic acids is 1. The van der Waals surface area contributed by atoms with Crippen LogP contribution in [-0.2, 0) is 19.4 Å². The molecule has 36 heavy (non-hydrogen) atoms. The molecule has 2 aromatic carbocycles. The third kappa shape index (κ3) is 4.92. The summed E-state index contributed by atoms with van der Waals surface area (Å²) in [5.41, 5.74) is 3.38. The lowest BCUT2D eigenvalue weighted by atomic mass is 10.0. The van der Waals surface area contributed by atoms with Crippen molar-refractivity contribution in [2.45, 2.75) is 49.8 Å². The van der Waals surface area contributed by atoms with Gasteiger partial charge >= 0.3 is 0 Å². The maximum Gasteiger partial charge on any atom is 0.263 e. The van der Waals surface area contributed by atoms with E-state index in [0.29, 0.717) is 10.7 Å². The van der Waals surface area contributed by atoms with E-state index in [0.717, 1.165) is 62.0 Å². The van der Waals surface area contributed by atoms with Crippen LogP contribution in [0.15, 0.2) is 70.6 Å². The zero-order valence-electron chi connectivity index (χ0n) is 20.2. The molecule has 0 radical (unpaired) electrons. The number of ketones is 1. The molecule has 7 heteroatoms. The number of nitrogens with zero attached hydrogens (tertiary/aromatic N) is 3. The molecule has 0 saturated heterocycles. The van der Waals surface area contributed by atoms with Crippen molar-refractivity contribution in [1.29, 1.82) is 0 Å².